The van der Waals surface area contributed by atoms with Gasteiger partial charge in [0.05, 0.1) is 0 Å². The van der Waals surface area contributed by atoms with Gasteiger partial charge in [0.2, 0.25) is 0 Å². The molecule has 1 unspecified atom stereocenters. The van der Waals surface area contributed by atoms with Crippen LogP contribution in [0.25, 0.3) is 0 Å². The van der Waals surface area contributed by atoms with Gasteiger partial charge in [0.15, 0.2) is 0 Å². The van der Waals surface area contributed by atoms with Crippen LogP contribution in [0.4, 0.5) is 4.79 Å². The number of aliphatic carboxylic acids is 1. The highest BCUT2D eigenvalue weighted by atomic mass is 16.4. The summed E-state index contributed by atoms with van der Waals surface area (Å²) < 4.78 is 0. The summed E-state index contributed by atoms with van der Waals surface area (Å²) >= 11 is 0. The lowest BCUT2D eigenvalue weighted by atomic mass is 9.87. The molecule has 0 aromatic heterocycles. The minimum Gasteiger partial charge on any atom is -0.480 e. The number of rotatable bonds is 4. The summed E-state index contributed by atoms with van der Waals surface area (Å²) in [5.41, 5.74) is -1.03. The summed E-state index contributed by atoms with van der Waals surface area (Å²) in [7, 11) is 0. The summed E-state index contributed by atoms with van der Waals surface area (Å²) in [6.07, 6.45) is 8.82. The molecule has 2 amide bonds. The first-order valence-corrected chi connectivity index (χ1v) is 7.83. The number of nitrogens with one attached hydrogen (secondary N) is 1. The highest BCUT2D eigenvalue weighted by Gasteiger charge is 2.45. The van der Waals surface area contributed by atoms with Gasteiger partial charge < -0.3 is 15.3 Å². The lowest BCUT2D eigenvalue weighted by Gasteiger charge is -2.31. The van der Waals surface area contributed by atoms with Crippen molar-refractivity contribution in [2.75, 3.05) is 13.1 Å². The molecule has 20 heavy (non-hydrogen) atoms. The minimum absolute atomic E-state index is 0.219. The van der Waals surface area contributed by atoms with Crippen LogP contribution in [0, 0.1) is 5.92 Å². The fourth-order valence-corrected chi connectivity index (χ4v) is 3.47. The molecular formula is C15H26N2O3. The zero-order chi connectivity index (χ0) is 14.6. The minimum atomic E-state index is -1.03. The Kier molecular flexibility index (Phi) is 4.89. The summed E-state index contributed by atoms with van der Waals surface area (Å²) in [6.45, 7) is 2.84. The van der Waals surface area contributed by atoms with Gasteiger partial charge in [-0.2, -0.15) is 0 Å². The Labute approximate surface area is 120 Å². The van der Waals surface area contributed by atoms with Crippen LogP contribution < -0.4 is 5.32 Å². The summed E-state index contributed by atoms with van der Waals surface area (Å²) in [6, 6.07) is -0.219. The largest absolute Gasteiger partial charge is 0.480 e. The molecule has 0 radical (unpaired) electrons. The van der Waals surface area contributed by atoms with E-state index in [1.54, 1.807) is 6.92 Å². The number of nitrogens with zero attached hydrogens (tertiary/aromatic N) is 1. The smallest absolute Gasteiger partial charge is 0.329 e. The van der Waals surface area contributed by atoms with Crippen LogP contribution in [0.2, 0.25) is 0 Å². The maximum absolute atomic E-state index is 12.2. The molecule has 1 atom stereocenters. The van der Waals surface area contributed by atoms with E-state index in [0.717, 1.165) is 18.8 Å². The monoisotopic (exact) mass is 282 g/mol. The van der Waals surface area contributed by atoms with Gasteiger partial charge >= 0.3 is 12.0 Å². The van der Waals surface area contributed by atoms with Crippen molar-refractivity contribution in [3.63, 3.8) is 0 Å². The van der Waals surface area contributed by atoms with Crippen molar-refractivity contribution < 1.29 is 14.7 Å². The zero-order valence-electron chi connectivity index (χ0n) is 12.4. The zero-order valence-corrected chi connectivity index (χ0v) is 12.4. The average Bonchev–Trinajstić information content (AvgIpc) is 2.83. The Morgan fingerprint density at radius 2 is 1.95 bits per heavy atom. The van der Waals surface area contributed by atoms with Gasteiger partial charge in [0.25, 0.3) is 0 Å². The molecule has 5 heteroatoms. The predicted octanol–water partition coefficient (Wildman–Crippen LogP) is 2.61. The topological polar surface area (TPSA) is 69.6 Å². The quantitative estimate of drug-likeness (QED) is 0.832. The third-order valence-electron chi connectivity index (χ3n) is 4.90. The molecule has 1 aliphatic carbocycles. The second-order valence-corrected chi connectivity index (χ2v) is 6.36. The fraction of sp³-hybridized carbons (Fsp3) is 0.867. The Bertz CT molecular complexity index is 366. The van der Waals surface area contributed by atoms with Crippen molar-refractivity contribution in [2.24, 2.45) is 5.92 Å². The third kappa shape index (κ3) is 3.25. The Balaban J connectivity index is 1.78. The normalized spacial score (nSPS) is 27.6. The first-order chi connectivity index (χ1) is 9.54. The second-order valence-electron chi connectivity index (χ2n) is 6.36. The Morgan fingerprint density at radius 1 is 1.25 bits per heavy atom. The van der Waals surface area contributed by atoms with Crippen LogP contribution in [-0.2, 0) is 4.79 Å². The second kappa shape index (κ2) is 6.46. The maximum atomic E-state index is 12.2. The number of carboxylic acids is 1. The van der Waals surface area contributed by atoms with E-state index in [1.807, 2.05) is 0 Å². The van der Waals surface area contributed by atoms with Crippen LogP contribution in [0.15, 0.2) is 0 Å². The summed E-state index contributed by atoms with van der Waals surface area (Å²) in [5.74, 6) is -0.175. The first-order valence-electron chi connectivity index (χ1n) is 7.83. The molecule has 2 N–H and O–H groups in total. The van der Waals surface area contributed by atoms with Crippen molar-refractivity contribution in [1.29, 1.82) is 0 Å². The third-order valence-corrected chi connectivity index (χ3v) is 4.90. The SMILES string of the molecule is CC1(C(=O)O)CCCN1C(=O)NCCC1CCCCC1. The lowest BCUT2D eigenvalue weighted by molar-refractivity contribution is -0.147. The van der Waals surface area contributed by atoms with Gasteiger partial charge in [-0.3, -0.25) is 0 Å². The van der Waals surface area contributed by atoms with E-state index < -0.39 is 11.5 Å². The number of amides is 2. The lowest BCUT2D eigenvalue weighted by Crippen LogP contribution is -2.54. The number of hydrogen-bond donors (Lipinski definition) is 2. The maximum Gasteiger partial charge on any atom is 0.329 e. The van der Waals surface area contributed by atoms with Gasteiger partial charge in [-0.05, 0) is 32.1 Å². The van der Waals surface area contributed by atoms with Crippen LogP contribution >= 0.6 is 0 Å². The van der Waals surface area contributed by atoms with Gasteiger partial charge in [-0.1, -0.05) is 32.1 Å². The van der Waals surface area contributed by atoms with Gasteiger partial charge in [-0.15, -0.1) is 0 Å². The van der Waals surface area contributed by atoms with Crippen molar-refractivity contribution >= 4 is 12.0 Å². The predicted molar refractivity (Wildman–Crippen MR) is 76.6 cm³/mol. The first kappa shape index (κ1) is 15.1. The fourth-order valence-electron chi connectivity index (χ4n) is 3.47. The molecule has 0 aromatic rings. The van der Waals surface area contributed by atoms with Crippen molar-refractivity contribution in [1.82, 2.24) is 10.2 Å². The van der Waals surface area contributed by atoms with Crippen LogP contribution in [0.5, 0.6) is 0 Å². The molecule has 0 aromatic carbocycles. The summed E-state index contributed by atoms with van der Waals surface area (Å²) in [5, 5.41) is 12.2. The van der Waals surface area contributed by atoms with E-state index in [2.05, 4.69) is 5.32 Å². The van der Waals surface area contributed by atoms with E-state index in [1.165, 1.54) is 37.0 Å². The van der Waals surface area contributed by atoms with E-state index in [0.29, 0.717) is 19.5 Å². The van der Waals surface area contributed by atoms with E-state index in [-0.39, 0.29) is 6.03 Å². The van der Waals surface area contributed by atoms with Crippen LogP contribution in [0.1, 0.15) is 58.3 Å². The van der Waals surface area contributed by atoms with Crippen molar-refractivity contribution in [2.45, 2.75) is 63.8 Å². The molecule has 1 saturated heterocycles. The van der Waals surface area contributed by atoms with Gasteiger partial charge in [0.1, 0.15) is 5.54 Å². The van der Waals surface area contributed by atoms with Gasteiger partial charge in [-0.25, -0.2) is 9.59 Å². The molecule has 2 rings (SSSR count). The Hall–Kier alpha value is -1.26. The molecule has 1 aliphatic heterocycles. The average molecular weight is 282 g/mol. The molecule has 2 aliphatic rings. The Morgan fingerprint density at radius 3 is 2.60 bits per heavy atom. The van der Waals surface area contributed by atoms with Crippen molar-refractivity contribution in [3.05, 3.63) is 0 Å². The number of carbonyl (C=O) groups excluding carboxylic acids is 1. The molecule has 1 heterocycles. The van der Waals surface area contributed by atoms with Crippen LogP contribution in [0.3, 0.4) is 0 Å². The van der Waals surface area contributed by atoms with Crippen molar-refractivity contribution in [3.8, 4) is 0 Å². The molecule has 0 spiro atoms. The van der Waals surface area contributed by atoms with Gasteiger partial charge in [0, 0.05) is 13.1 Å². The number of carboxylic acid groups (broad SMARTS) is 1. The highest BCUT2D eigenvalue weighted by Crippen LogP contribution is 2.29. The molecule has 2 fully saturated rings. The highest BCUT2D eigenvalue weighted by molar-refractivity contribution is 5.86. The molecular weight excluding hydrogens is 256 g/mol. The molecule has 0 bridgehead atoms. The number of carbonyl (C=O) groups is 2. The van der Waals surface area contributed by atoms with Crippen LogP contribution in [-0.4, -0.2) is 40.6 Å². The number of likely N-dealkylation sites (tertiary alicyclic amines) is 1. The number of hydrogen-bond acceptors (Lipinski definition) is 2. The standard InChI is InChI=1S/C15H26N2O3/c1-15(13(18)19)9-5-11-17(15)14(20)16-10-8-12-6-3-2-4-7-12/h12H,2-11H2,1H3,(H,16,20)(H,18,19). The summed E-state index contributed by atoms with van der Waals surface area (Å²) in [4.78, 5) is 25.0. The molecule has 1 saturated carbocycles. The number of urea groups is 1. The molecule has 114 valence electrons. The van der Waals surface area contributed by atoms with E-state index >= 15 is 0 Å². The van der Waals surface area contributed by atoms with E-state index in [9.17, 15) is 14.7 Å². The van der Waals surface area contributed by atoms with E-state index in [4.69, 9.17) is 0 Å². The molecule has 5 nitrogen and oxygen atoms in total.